The first-order chi connectivity index (χ1) is 12.1. The lowest BCUT2D eigenvalue weighted by atomic mass is 9.96. The normalized spacial score (nSPS) is 13.1. The Morgan fingerprint density at radius 2 is 2.08 bits per heavy atom. The first-order valence-electron chi connectivity index (χ1n) is 8.32. The van der Waals surface area contributed by atoms with Gasteiger partial charge in [0.05, 0.1) is 19.2 Å². The third kappa shape index (κ3) is 3.47. The van der Waals surface area contributed by atoms with Crippen molar-refractivity contribution in [3.8, 4) is 0 Å². The van der Waals surface area contributed by atoms with Gasteiger partial charge in [0.25, 0.3) is 5.91 Å². The predicted molar refractivity (Wildman–Crippen MR) is 94.5 cm³/mol. The van der Waals surface area contributed by atoms with Gasteiger partial charge in [0.1, 0.15) is 0 Å². The molecule has 1 aliphatic rings. The van der Waals surface area contributed by atoms with E-state index in [2.05, 4.69) is 17.2 Å². The quantitative estimate of drug-likeness (QED) is 0.933. The maximum Gasteiger partial charge on any atom is 0.409 e. The molecular formula is C19H21N3O3. The summed E-state index contributed by atoms with van der Waals surface area (Å²) in [7, 11) is 1.37. The van der Waals surface area contributed by atoms with Crippen LogP contribution in [0.2, 0.25) is 0 Å². The maximum atomic E-state index is 12.8. The molecule has 2 aromatic rings. The average Bonchev–Trinajstić information content (AvgIpc) is 2.66. The van der Waals surface area contributed by atoms with E-state index >= 15 is 0 Å². The van der Waals surface area contributed by atoms with E-state index in [-0.39, 0.29) is 12.0 Å². The van der Waals surface area contributed by atoms with Crippen LogP contribution in [0.3, 0.4) is 0 Å². The van der Waals surface area contributed by atoms with E-state index in [0.29, 0.717) is 25.1 Å². The summed E-state index contributed by atoms with van der Waals surface area (Å²) in [6.45, 7) is 2.98. The van der Waals surface area contributed by atoms with E-state index in [1.54, 1.807) is 17.3 Å². The molecule has 6 heteroatoms. The maximum absolute atomic E-state index is 12.8. The van der Waals surface area contributed by atoms with Crippen LogP contribution in [0.1, 0.15) is 34.0 Å². The van der Waals surface area contributed by atoms with Gasteiger partial charge in [-0.1, -0.05) is 25.1 Å². The molecule has 1 aromatic carbocycles. The molecule has 0 saturated carbocycles. The van der Waals surface area contributed by atoms with Gasteiger partial charge >= 0.3 is 6.09 Å². The molecule has 2 heterocycles. The van der Waals surface area contributed by atoms with Crippen LogP contribution in [-0.2, 0) is 24.1 Å². The highest BCUT2D eigenvalue weighted by atomic mass is 16.5. The van der Waals surface area contributed by atoms with Crippen LogP contribution in [0.5, 0.6) is 0 Å². The molecule has 25 heavy (non-hydrogen) atoms. The smallest absolute Gasteiger partial charge is 0.409 e. The Morgan fingerprint density at radius 1 is 1.28 bits per heavy atom. The Kier molecular flexibility index (Phi) is 4.97. The lowest BCUT2D eigenvalue weighted by Crippen LogP contribution is -2.36. The largest absolute Gasteiger partial charge is 0.453 e. The lowest BCUT2D eigenvalue weighted by molar-refractivity contribution is 0.102. The first-order valence-corrected chi connectivity index (χ1v) is 8.32. The van der Waals surface area contributed by atoms with Crippen molar-refractivity contribution in [1.82, 2.24) is 9.88 Å². The van der Waals surface area contributed by atoms with Crippen LogP contribution in [0, 0.1) is 0 Å². The van der Waals surface area contributed by atoms with Gasteiger partial charge in [-0.15, -0.1) is 0 Å². The molecule has 0 atom stereocenters. The van der Waals surface area contributed by atoms with E-state index in [9.17, 15) is 9.59 Å². The molecule has 0 unspecified atom stereocenters. The van der Waals surface area contributed by atoms with E-state index in [0.717, 1.165) is 28.8 Å². The number of pyridine rings is 1. The number of aryl methyl sites for hydroxylation is 1. The monoisotopic (exact) mass is 339 g/mol. The van der Waals surface area contributed by atoms with Crippen molar-refractivity contribution >= 4 is 17.7 Å². The Hall–Kier alpha value is -2.89. The van der Waals surface area contributed by atoms with E-state index in [1.165, 1.54) is 7.11 Å². The third-order valence-electron chi connectivity index (χ3n) is 4.46. The fraction of sp³-hybridized carbons (Fsp3) is 0.316. The number of para-hydroxylation sites is 1. The molecule has 130 valence electrons. The zero-order valence-corrected chi connectivity index (χ0v) is 14.4. The predicted octanol–water partition coefficient (Wildman–Crippen LogP) is 3.02. The summed E-state index contributed by atoms with van der Waals surface area (Å²) < 4.78 is 4.77. The number of rotatable bonds is 3. The molecule has 0 bridgehead atoms. The number of ether oxygens (including phenoxy) is 1. The summed E-state index contributed by atoms with van der Waals surface area (Å²) in [6.07, 6.45) is 4.39. The number of nitrogens with zero attached hydrogens (tertiary/aromatic N) is 2. The van der Waals surface area contributed by atoms with E-state index in [4.69, 9.17) is 4.74 Å². The number of amides is 2. The summed E-state index contributed by atoms with van der Waals surface area (Å²) >= 11 is 0. The van der Waals surface area contributed by atoms with Crippen molar-refractivity contribution in [2.75, 3.05) is 19.0 Å². The summed E-state index contributed by atoms with van der Waals surface area (Å²) in [5.74, 6) is -0.170. The number of methoxy groups -OCH3 is 1. The van der Waals surface area contributed by atoms with Gasteiger partial charge in [-0.2, -0.15) is 0 Å². The summed E-state index contributed by atoms with van der Waals surface area (Å²) in [4.78, 5) is 30.3. The highest BCUT2D eigenvalue weighted by Crippen LogP contribution is 2.24. The van der Waals surface area contributed by atoms with Crippen LogP contribution in [-0.4, -0.2) is 35.5 Å². The number of carbonyl (C=O) groups is 2. The summed E-state index contributed by atoms with van der Waals surface area (Å²) in [5, 5.41) is 2.99. The van der Waals surface area contributed by atoms with Crippen molar-refractivity contribution < 1.29 is 14.3 Å². The highest BCUT2D eigenvalue weighted by Gasteiger charge is 2.25. The number of hydrogen-bond donors (Lipinski definition) is 1. The van der Waals surface area contributed by atoms with Gasteiger partial charge < -0.3 is 15.0 Å². The minimum atomic E-state index is -0.364. The van der Waals surface area contributed by atoms with Crippen molar-refractivity contribution in [2.24, 2.45) is 0 Å². The van der Waals surface area contributed by atoms with Crippen LogP contribution in [0.4, 0.5) is 10.5 Å². The second-order valence-corrected chi connectivity index (χ2v) is 5.93. The van der Waals surface area contributed by atoms with Crippen LogP contribution < -0.4 is 5.32 Å². The van der Waals surface area contributed by atoms with Gasteiger partial charge in [0, 0.05) is 24.6 Å². The first kappa shape index (κ1) is 17.0. The lowest BCUT2D eigenvalue weighted by Gasteiger charge is -2.28. The molecule has 0 radical (unpaired) electrons. The molecule has 3 rings (SSSR count). The molecule has 0 saturated heterocycles. The van der Waals surface area contributed by atoms with Crippen molar-refractivity contribution in [3.05, 3.63) is 58.9 Å². The zero-order chi connectivity index (χ0) is 17.8. The van der Waals surface area contributed by atoms with Crippen molar-refractivity contribution in [1.29, 1.82) is 0 Å². The molecule has 0 aliphatic carbocycles. The average molecular weight is 339 g/mol. The minimum Gasteiger partial charge on any atom is -0.453 e. The highest BCUT2D eigenvalue weighted by molar-refractivity contribution is 6.05. The molecule has 0 spiro atoms. The van der Waals surface area contributed by atoms with E-state index < -0.39 is 0 Å². The Balaban J connectivity index is 1.84. The van der Waals surface area contributed by atoms with Gasteiger partial charge in [-0.05, 0) is 35.6 Å². The Labute approximate surface area is 146 Å². The molecule has 6 nitrogen and oxygen atoms in total. The zero-order valence-electron chi connectivity index (χ0n) is 14.4. The van der Waals surface area contributed by atoms with Crippen molar-refractivity contribution in [2.45, 2.75) is 26.3 Å². The molecule has 2 amide bonds. The van der Waals surface area contributed by atoms with Crippen LogP contribution >= 0.6 is 0 Å². The minimum absolute atomic E-state index is 0.170. The van der Waals surface area contributed by atoms with Crippen LogP contribution in [0.15, 0.2) is 36.7 Å². The number of nitrogens with one attached hydrogen (secondary N) is 1. The standard InChI is InChI=1S/C19H21N3O3/c1-3-13-6-4-5-7-17(13)21-18(23)16-11-20-10-14-12-22(19(24)25-2)9-8-15(14)16/h4-7,10-11H,3,8-9,12H2,1-2H3,(H,21,23). The Bertz CT molecular complexity index is 804. The number of hydrogen-bond acceptors (Lipinski definition) is 4. The Morgan fingerprint density at radius 3 is 2.84 bits per heavy atom. The summed E-state index contributed by atoms with van der Waals surface area (Å²) in [5.41, 5.74) is 4.30. The fourth-order valence-corrected chi connectivity index (χ4v) is 3.11. The molecule has 0 fully saturated rings. The topological polar surface area (TPSA) is 71.5 Å². The molecule has 1 aliphatic heterocycles. The fourth-order valence-electron chi connectivity index (χ4n) is 3.11. The number of fused-ring (bicyclic) bond motifs is 1. The third-order valence-corrected chi connectivity index (χ3v) is 4.46. The number of carbonyl (C=O) groups excluding carboxylic acids is 2. The second-order valence-electron chi connectivity index (χ2n) is 5.93. The molecule has 1 aromatic heterocycles. The van der Waals surface area contributed by atoms with Gasteiger partial charge in [0.2, 0.25) is 0 Å². The van der Waals surface area contributed by atoms with Crippen molar-refractivity contribution in [3.63, 3.8) is 0 Å². The summed E-state index contributed by atoms with van der Waals surface area (Å²) in [6, 6.07) is 7.77. The van der Waals surface area contributed by atoms with E-state index in [1.807, 2.05) is 24.3 Å². The molecular weight excluding hydrogens is 318 g/mol. The van der Waals surface area contributed by atoms with Crippen LogP contribution in [0.25, 0.3) is 0 Å². The molecule has 1 N–H and O–H groups in total. The van der Waals surface area contributed by atoms with Gasteiger partial charge in [0.15, 0.2) is 0 Å². The van der Waals surface area contributed by atoms with Gasteiger partial charge in [-0.25, -0.2) is 4.79 Å². The number of aromatic nitrogens is 1. The number of benzene rings is 1. The second kappa shape index (κ2) is 7.34. The number of anilines is 1. The van der Waals surface area contributed by atoms with Gasteiger partial charge in [-0.3, -0.25) is 9.78 Å². The SMILES string of the molecule is CCc1ccccc1NC(=O)c1cncc2c1CCN(C(=O)OC)C2.